The highest BCUT2D eigenvalue weighted by Crippen LogP contribution is 2.49. The Balaban J connectivity index is 1.07. The second-order valence-electron chi connectivity index (χ2n) is 22.0. The molecule has 398 valence electrons. The molecule has 5 aliphatic heterocycles. The van der Waals surface area contributed by atoms with Gasteiger partial charge in [-0.15, -0.1) is 0 Å². The number of aliphatic hydroxyl groups excluding tert-OH is 2. The van der Waals surface area contributed by atoms with Gasteiger partial charge < -0.3 is 54.1 Å². The fraction of sp³-hybridized carbons (Fsp3) is 0.586. The Bertz CT molecular complexity index is 2550. The highest BCUT2D eigenvalue weighted by atomic mass is 16.6. The SMILES string of the molecule is CC(C)=CCC/C(C)=C/CC[C@@]1(C)Oc2c(c(O)cc3c2CN(CCC[C@@H](C(=O)O)N2Cc4c(cc(OC(=O)N(C)C5CCOCC5)c5c4O[C@](C)(CC/C=C(\C)CCC=C(C)C)[C@@H](O)C5)C2=O)C3=O)C[C@@H]1O. The number of carboxylic acid groups (broad SMARTS) is 1. The van der Waals surface area contributed by atoms with Crippen LogP contribution in [-0.4, -0.2) is 121 Å². The molecule has 15 heteroatoms. The molecule has 5 atom stereocenters. The average Bonchev–Trinajstić information content (AvgIpc) is 3.82. The number of phenols is 1. The predicted molar refractivity (Wildman–Crippen MR) is 278 cm³/mol. The van der Waals surface area contributed by atoms with Crippen LogP contribution >= 0.6 is 0 Å². The first-order valence-corrected chi connectivity index (χ1v) is 26.3. The summed E-state index contributed by atoms with van der Waals surface area (Å²) in [5.74, 6) is -1.44. The third kappa shape index (κ3) is 12.5. The number of carboxylic acids is 1. The van der Waals surface area contributed by atoms with E-state index < -0.39 is 47.4 Å². The number of ether oxygens (including phenoxy) is 4. The molecule has 0 bridgehead atoms. The normalized spacial score (nSPS) is 23.2. The van der Waals surface area contributed by atoms with E-state index in [-0.39, 0.29) is 74.3 Å². The second-order valence-corrected chi connectivity index (χ2v) is 22.0. The summed E-state index contributed by atoms with van der Waals surface area (Å²) < 4.78 is 24.9. The third-order valence-electron chi connectivity index (χ3n) is 15.7. The quantitative estimate of drug-likeness (QED) is 0.0919. The fourth-order valence-corrected chi connectivity index (χ4v) is 10.9. The van der Waals surface area contributed by atoms with E-state index in [4.69, 9.17) is 18.9 Å². The minimum atomic E-state index is -1.28. The van der Waals surface area contributed by atoms with E-state index in [2.05, 4.69) is 65.8 Å². The summed E-state index contributed by atoms with van der Waals surface area (Å²) in [6, 6.07) is 1.52. The molecule has 5 aliphatic rings. The number of carbonyl (C=O) groups is 4. The number of fused-ring (bicyclic) bond motifs is 6. The number of carbonyl (C=O) groups excluding carboxylic acids is 3. The van der Waals surface area contributed by atoms with E-state index >= 15 is 0 Å². The van der Waals surface area contributed by atoms with E-state index in [1.165, 1.54) is 44.2 Å². The van der Waals surface area contributed by atoms with E-state index in [0.717, 1.165) is 25.7 Å². The molecule has 2 aromatic rings. The number of phenolic OH excluding ortho intramolecular Hbond substituents is 1. The summed E-state index contributed by atoms with van der Waals surface area (Å²) in [4.78, 5) is 59.8. The number of aliphatic carboxylic acids is 1. The summed E-state index contributed by atoms with van der Waals surface area (Å²) in [5, 5.41) is 44.9. The Morgan fingerprint density at radius 3 is 1.86 bits per heavy atom. The Morgan fingerprint density at radius 2 is 1.30 bits per heavy atom. The molecular weight excluding hydrogens is 931 g/mol. The fourth-order valence-electron chi connectivity index (χ4n) is 10.9. The molecule has 0 spiro atoms. The van der Waals surface area contributed by atoms with E-state index in [1.54, 1.807) is 11.9 Å². The number of hydrogen-bond donors (Lipinski definition) is 4. The van der Waals surface area contributed by atoms with Gasteiger partial charge in [0.15, 0.2) is 0 Å². The Labute approximate surface area is 431 Å². The van der Waals surface area contributed by atoms with Crippen LogP contribution in [0.15, 0.2) is 58.7 Å². The lowest BCUT2D eigenvalue weighted by Crippen LogP contribution is -2.49. The van der Waals surface area contributed by atoms with Gasteiger partial charge in [0.1, 0.15) is 40.2 Å². The molecule has 1 saturated heterocycles. The molecule has 4 N–H and O–H groups in total. The van der Waals surface area contributed by atoms with Crippen molar-refractivity contribution in [3.63, 3.8) is 0 Å². The summed E-state index contributed by atoms with van der Waals surface area (Å²) in [5.41, 5.74) is 5.40. The number of benzene rings is 2. The monoisotopic (exact) mass is 1010 g/mol. The number of amides is 3. The molecule has 0 radical (unpaired) electrons. The first kappa shape index (κ1) is 55.1. The van der Waals surface area contributed by atoms with Crippen LogP contribution in [0.4, 0.5) is 4.79 Å². The molecule has 2 aromatic carbocycles. The lowest BCUT2D eigenvalue weighted by Gasteiger charge is -2.41. The van der Waals surface area contributed by atoms with E-state index in [0.29, 0.717) is 91.1 Å². The topological polar surface area (TPSA) is 196 Å². The minimum Gasteiger partial charge on any atom is -0.508 e. The Kier molecular flexibility index (Phi) is 17.6. The van der Waals surface area contributed by atoms with Crippen molar-refractivity contribution in [2.24, 2.45) is 0 Å². The molecule has 0 unspecified atom stereocenters. The van der Waals surface area contributed by atoms with Gasteiger partial charge in [0.2, 0.25) is 0 Å². The number of nitrogens with zero attached hydrogens (tertiary/aromatic N) is 3. The maximum Gasteiger partial charge on any atom is 0.415 e. The van der Waals surface area contributed by atoms with E-state index in [1.807, 2.05) is 13.8 Å². The maximum absolute atomic E-state index is 14.5. The second kappa shape index (κ2) is 23.3. The number of aromatic hydroxyl groups is 1. The lowest BCUT2D eigenvalue weighted by molar-refractivity contribution is -0.142. The van der Waals surface area contributed by atoms with Gasteiger partial charge in [0, 0.05) is 67.9 Å². The van der Waals surface area contributed by atoms with Crippen LogP contribution in [0, 0.1) is 0 Å². The lowest BCUT2D eigenvalue weighted by atomic mass is 9.84. The number of aliphatic hydroxyl groups is 2. The summed E-state index contributed by atoms with van der Waals surface area (Å²) in [6.45, 7) is 17.5. The largest absolute Gasteiger partial charge is 0.508 e. The molecule has 1 fully saturated rings. The molecule has 15 nitrogen and oxygen atoms in total. The van der Waals surface area contributed by atoms with Crippen molar-refractivity contribution in [2.45, 2.75) is 194 Å². The zero-order valence-corrected chi connectivity index (χ0v) is 44.6. The summed E-state index contributed by atoms with van der Waals surface area (Å²) in [7, 11) is 1.66. The molecular formula is C58H79N3O12. The van der Waals surface area contributed by atoms with Crippen LogP contribution in [0.2, 0.25) is 0 Å². The van der Waals surface area contributed by atoms with Gasteiger partial charge in [0.05, 0.1) is 36.4 Å². The van der Waals surface area contributed by atoms with Crippen LogP contribution in [0.5, 0.6) is 23.0 Å². The smallest absolute Gasteiger partial charge is 0.415 e. The Hall–Kier alpha value is -5.64. The maximum atomic E-state index is 14.5. The number of allylic oxidation sites excluding steroid dienone is 8. The molecule has 3 amide bonds. The summed E-state index contributed by atoms with van der Waals surface area (Å²) >= 11 is 0. The van der Waals surface area contributed by atoms with Crippen molar-refractivity contribution in [1.82, 2.24) is 14.7 Å². The van der Waals surface area contributed by atoms with Crippen LogP contribution in [-0.2, 0) is 35.5 Å². The van der Waals surface area contributed by atoms with Crippen molar-refractivity contribution >= 4 is 23.9 Å². The molecule has 0 saturated carbocycles. The number of hydrogen-bond acceptors (Lipinski definition) is 11. The van der Waals surface area contributed by atoms with Gasteiger partial charge in [-0.3, -0.25) is 9.59 Å². The molecule has 0 aliphatic carbocycles. The summed E-state index contributed by atoms with van der Waals surface area (Å²) in [6.07, 6.45) is 14.0. The van der Waals surface area contributed by atoms with Gasteiger partial charge in [-0.1, -0.05) is 46.6 Å². The predicted octanol–water partition coefficient (Wildman–Crippen LogP) is 9.90. The molecule has 0 aromatic heterocycles. The molecule has 73 heavy (non-hydrogen) atoms. The third-order valence-corrected chi connectivity index (χ3v) is 15.7. The average molecular weight is 1010 g/mol. The van der Waals surface area contributed by atoms with Crippen LogP contribution in [0.1, 0.15) is 175 Å². The highest BCUT2D eigenvalue weighted by molar-refractivity contribution is 6.02. The molecule has 5 heterocycles. The van der Waals surface area contributed by atoms with Gasteiger partial charge in [-0.2, -0.15) is 0 Å². The van der Waals surface area contributed by atoms with Gasteiger partial charge in [-0.05, 0) is 145 Å². The zero-order chi connectivity index (χ0) is 52.9. The zero-order valence-electron chi connectivity index (χ0n) is 44.6. The number of rotatable bonds is 20. The van der Waals surface area contributed by atoms with Crippen LogP contribution in [0.3, 0.4) is 0 Å². The van der Waals surface area contributed by atoms with Crippen LogP contribution < -0.4 is 14.2 Å². The van der Waals surface area contributed by atoms with E-state index in [9.17, 15) is 39.6 Å². The van der Waals surface area contributed by atoms with Crippen LogP contribution in [0.25, 0.3) is 0 Å². The van der Waals surface area contributed by atoms with Crippen molar-refractivity contribution in [1.29, 1.82) is 0 Å². The first-order valence-electron chi connectivity index (χ1n) is 26.3. The standard InChI is InChI=1S/C58H79N3O12/c1-35(2)15-10-17-37(5)19-12-24-57(7)49(63)31-42-47(62)29-40-44(51(42)72-57)33-60(53(40)65)26-14-21-46(55(67)68)61-34-45-41(54(61)66)30-48(71-56(69)59(9)39-22-27-70-28-23-39)43-32-50(64)58(8,73-52(43)45)25-13-20-38(6)18-11-16-36(3)4/h15-16,19-20,29-30,39,46,49-50,62-64H,10-14,17-18,21-28,31-34H2,1-9H3,(H,67,68)/b37-19+,38-20+/t46-,49-,50-,57+,58+/m0/s1. The van der Waals surface area contributed by atoms with Gasteiger partial charge in [0.25, 0.3) is 11.8 Å². The Morgan fingerprint density at radius 1 is 0.767 bits per heavy atom. The van der Waals surface area contributed by atoms with Crippen molar-refractivity contribution in [3.05, 3.63) is 92.1 Å². The van der Waals surface area contributed by atoms with Gasteiger partial charge >= 0.3 is 12.1 Å². The first-order chi connectivity index (χ1) is 34.6. The van der Waals surface area contributed by atoms with Crippen molar-refractivity contribution in [2.75, 3.05) is 26.8 Å². The van der Waals surface area contributed by atoms with Crippen molar-refractivity contribution < 1.29 is 58.6 Å². The van der Waals surface area contributed by atoms with Gasteiger partial charge in [-0.25, -0.2) is 9.59 Å². The van der Waals surface area contributed by atoms with Crippen molar-refractivity contribution in [3.8, 4) is 23.0 Å². The minimum absolute atomic E-state index is 0.0110. The highest BCUT2D eigenvalue weighted by Gasteiger charge is 2.48. The molecule has 7 rings (SSSR count).